The number of aromatic hydroxyl groups is 1. The Bertz CT molecular complexity index is 1500. The van der Waals surface area contributed by atoms with E-state index < -0.39 is 28.4 Å². The van der Waals surface area contributed by atoms with Crippen LogP contribution in [0.25, 0.3) is 0 Å². The molecule has 2 N–H and O–H groups in total. The molecule has 14 heteroatoms. The molecule has 0 spiro atoms. The lowest BCUT2D eigenvalue weighted by Gasteiger charge is -2.40. The molecule has 260 valence electrons. The zero-order valence-corrected chi connectivity index (χ0v) is 27.4. The van der Waals surface area contributed by atoms with Gasteiger partial charge in [0.05, 0.1) is 23.1 Å². The first-order valence-electron chi connectivity index (χ1n) is 16.6. The van der Waals surface area contributed by atoms with Crippen molar-refractivity contribution >= 4 is 35.1 Å². The minimum Gasteiger partial charge on any atom is -0.506 e. The van der Waals surface area contributed by atoms with Gasteiger partial charge in [-0.05, 0) is 61.4 Å². The third kappa shape index (κ3) is 7.68. The lowest BCUT2D eigenvalue weighted by atomic mass is 9.92. The standard InChI is InChI=1S/C34H41ClF3N5O5/c35-28-19-22(18-27(31(28)45)34(36,37)38)17-24(32(46)42-14-12-40(13-15-42)26-8-16-48-21-26)20-30(44)41-9-6-25(7-10-41)43-11-5-23-3-1-2-4-29(23)39-33(43)47/h1-4,18-19,24-26,45H,5-17,20-21H2,(H,39,47)/t24-,26?/m0/s1. The number of amides is 4. The number of rotatable bonds is 7. The molecule has 4 aliphatic heterocycles. The Balaban J connectivity index is 1.12. The van der Waals surface area contributed by atoms with E-state index in [4.69, 9.17) is 16.3 Å². The van der Waals surface area contributed by atoms with Gasteiger partial charge in [-0.3, -0.25) is 14.5 Å². The Morgan fingerprint density at radius 2 is 1.71 bits per heavy atom. The van der Waals surface area contributed by atoms with E-state index in [2.05, 4.69) is 10.2 Å². The third-order valence-corrected chi connectivity index (χ3v) is 10.4. The SMILES string of the molecule is O=C(C[C@H](Cc1cc(Cl)c(O)c(C(F)(F)F)c1)C(=O)N1CCN(C2CCOC2)CC1)N1CCC(N2CCc3ccccc3NC2=O)CC1. The number of para-hydroxylation sites is 1. The van der Waals surface area contributed by atoms with Crippen molar-refractivity contribution in [2.45, 2.75) is 56.8 Å². The van der Waals surface area contributed by atoms with Crippen molar-refractivity contribution in [2.75, 3.05) is 64.3 Å². The van der Waals surface area contributed by atoms with E-state index in [1.54, 1.807) is 9.80 Å². The molecule has 4 amide bonds. The molecule has 10 nitrogen and oxygen atoms in total. The number of nitrogens with one attached hydrogen (secondary N) is 1. The van der Waals surface area contributed by atoms with E-state index in [1.807, 2.05) is 29.2 Å². The van der Waals surface area contributed by atoms with Crippen molar-refractivity contribution in [3.05, 3.63) is 58.1 Å². The Morgan fingerprint density at radius 3 is 2.40 bits per heavy atom. The maximum atomic E-state index is 14.0. The fourth-order valence-electron chi connectivity index (χ4n) is 7.40. The highest BCUT2D eigenvalue weighted by Crippen LogP contribution is 2.41. The van der Waals surface area contributed by atoms with Crippen LogP contribution >= 0.6 is 11.6 Å². The van der Waals surface area contributed by atoms with Gasteiger partial charge >= 0.3 is 12.2 Å². The molecule has 1 unspecified atom stereocenters. The summed E-state index contributed by atoms with van der Waals surface area (Å²) in [7, 11) is 0. The number of anilines is 1. The fourth-order valence-corrected chi connectivity index (χ4v) is 7.64. The molecule has 4 aliphatic rings. The topological polar surface area (TPSA) is 106 Å². The highest BCUT2D eigenvalue weighted by molar-refractivity contribution is 6.32. The number of halogens is 4. The van der Waals surface area contributed by atoms with Crippen LogP contribution in [0.15, 0.2) is 36.4 Å². The number of carbonyl (C=O) groups excluding carboxylic acids is 3. The van der Waals surface area contributed by atoms with E-state index in [9.17, 15) is 32.7 Å². The van der Waals surface area contributed by atoms with E-state index >= 15 is 0 Å². The minimum atomic E-state index is -4.85. The highest BCUT2D eigenvalue weighted by atomic mass is 35.5. The quantitative estimate of drug-likeness (QED) is 0.439. The summed E-state index contributed by atoms with van der Waals surface area (Å²) < 4.78 is 46.6. The largest absolute Gasteiger partial charge is 0.506 e. The zero-order valence-electron chi connectivity index (χ0n) is 26.7. The van der Waals surface area contributed by atoms with Crippen LogP contribution in [-0.2, 0) is 33.3 Å². The average molecular weight is 692 g/mol. The van der Waals surface area contributed by atoms with Gasteiger partial charge in [-0.2, -0.15) is 13.2 Å². The number of nitrogens with zero attached hydrogens (tertiary/aromatic N) is 4. The monoisotopic (exact) mass is 691 g/mol. The van der Waals surface area contributed by atoms with Crippen LogP contribution in [0.1, 0.15) is 42.4 Å². The average Bonchev–Trinajstić information content (AvgIpc) is 3.56. The predicted molar refractivity (Wildman–Crippen MR) is 173 cm³/mol. The Morgan fingerprint density at radius 1 is 0.979 bits per heavy atom. The lowest BCUT2D eigenvalue weighted by Crippen LogP contribution is -2.54. The van der Waals surface area contributed by atoms with Gasteiger partial charge in [-0.25, -0.2) is 4.79 Å². The van der Waals surface area contributed by atoms with E-state index in [1.165, 1.54) is 6.07 Å². The van der Waals surface area contributed by atoms with Gasteiger partial charge in [-0.1, -0.05) is 29.8 Å². The molecule has 0 saturated carbocycles. The molecule has 2 atom stereocenters. The number of alkyl halides is 3. The minimum absolute atomic E-state index is 0.0534. The highest BCUT2D eigenvalue weighted by Gasteiger charge is 2.38. The molecule has 2 aromatic carbocycles. The number of fused-ring (bicyclic) bond motifs is 1. The van der Waals surface area contributed by atoms with Crippen molar-refractivity contribution in [1.82, 2.24) is 19.6 Å². The summed E-state index contributed by atoms with van der Waals surface area (Å²) in [6.07, 6.45) is -2.38. The van der Waals surface area contributed by atoms with Crippen LogP contribution in [-0.4, -0.2) is 114 Å². The van der Waals surface area contributed by atoms with Crippen LogP contribution in [0, 0.1) is 5.92 Å². The summed E-state index contributed by atoms with van der Waals surface area (Å²) in [5.74, 6) is -2.54. The number of hydrogen-bond acceptors (Lipinski definition) is 6. The number of carbonyl (C=O) groups is 3. The van der Waals surface area contributed by atoms with Crippen LogP contribution in [0.2, 0.25) is 5.02 Å². The summed E-state index contributed by atoms with van der Waals surface area (Å²) in [5.41, 5.74) is 0.713. The molecule has 0 radical (unpaired) electrons. The van der Waals surface area contributed by atoms with E-state index in [-0.39, 0.29) is 42.3 Å². The first kappa shape index (κ1) is 34.3. The second-order valence-corrected chi connectivity index (χ2v) is 13.5. The zero-order chi connectivity index (χ0) is 34.0. The second-order valence-electron chi connectivity index (χ2n) is 13.1. The van der Waals surface area contributed by atoms with Crippen LogP contribution in [0.3, 0.4) is 0 Å². The van der Waals surface area contributed by atoms with Crippen molar-refractivity contribution in [3.63, 3.8) is 0 Å². The normalized spacial score (nSPS) is 21.9. The Labute approximate surface area is 282 Å². The third-order valence-electron chi connectivity index (χ3n) is 10.1. The van der Waals surface area contributed by atoms with Crippen molar-refractivity contribution in [1.29, 1.82) is 0 Å². The molecule has 3 fully saturated rings. The van der Waals surface area contributed by atoms with Crippen LogP contribution in [0.5, 0.6) is 5.75 Å². The van der Waals surface area contributed by atoms with Gasteiger partial charge in [0.15, 0.2) is 0 Å². The van der Waals surface area contributed by atoms with Gasteiger partial charge < -0.3 is 29.9 Å². The smallest absolute Gasteiger partial charge is 0.420 e. The number of phenolic OH excluding ortho intramolecular Hbond substituents is 1. The summed E-state index contributed by atoms with van der Waals surface area (Å²) in [5, 5.41) is 12.5. The van der Waals surface area contributed by atoms with E-state index in [0.717, 1.165) is 30.2 Å². The maximum Gasteiger partial charge on any atom is 0.420 e. The molecular weight excluding hydrogens is 651 g/mol. The van der Waals surface area contributed by atoms with Crippen LogP contribution < -0.4 is 5.32 Å². The second kappa shape index (κ2) is 14.5. The number of phenols is 1. The number of piperazine rings is 1. The van der Waals surface area contributed by atoms with Gasteiger partial charge in [0.2, 0.25) is 11.8 Å². The number of benzene rings is 2. The van der Waals surface area contributed by atoms with E-state index in [0.29, 0.717) is 77.9 Å². The number of ether oxygens (including phenoxy) is 1. The van der Waals surface area contributed by atoms with Crippen LogP contribution in [0.4, 0.5) is 23.7 Å². The summed E-state index contributed by atoms with van der Waals surface area (Å²) in [6.45, 7) is 4.89. The molecule has 4 heterocycles. The Hall–Kier alpha value is -3.55. The summed E-state index contributed by atoms with van der Waals surface area (Å²) >= 11 is 6.00. The molecule has 48 heavy (non-hydrogen) atoms. The molecule has 0 aliphatic carbocycles. The molecule has 0 bridgehead atoms. The van der Waals surface area contributed by atoms with Gasteiger partial charge in [0, 0.05) is 76.6 Å². The predicted octanol–water partition coefficient (Wildman–Crippen LogP) is 4.63. The lowest BCUT2D eigenvalue weighted by molar-refractivity contribution is -0.143. The number of piperidine rings is 1. The first-order valence-corrected chi connectivity index (χ1v) is 17.0. The summed E-state index contributed by atoms with van der Waals surface area (Å²) in [6, 6.07) is 9.83. The molecule has 2 aromatic rings. The number of likely N-dealkylation sites (tertiary alicyclic amines) is 1. The molecule has 3 saturated heterocycles. The number of urea groups is 1. The summed E-state index contributed by atoms with van der Waals surface area (Å²) in [4.78, 5) is 48.2. The Kier molecular flexibility index (Phi) is 10.4. The van der Waals surface area contributed by atoms with Crippen molar-refractivity contribution in [3.8, 4) is 5.75 Å². The fraction of sp³-hybridized carbons (Fsp3) is 0.559. The van der Waals surface area contributed by atoms with Crippen molar-refractivity contribution in [2.24, 2.45) is 5.92 Å². The molecule has 6 rings (SSSR count). The first-order chi connectivity index (χ1) is 23.0. The molecular formula is C34H41ClF3N5O5. The van der Waals surface area contributed by atoms with Gasteiger partial charge in [0.1, 0.15) is 5.75 Å². The van der Waals surface area contributed by atoms with Gasteiger partial charge in [-0.15, -0.1) is 0 Å². The van der Waals surface area contributed by atoms with Gasteiger partial charge in [0.25, 0.3) is 0 Å². The number of hydrogen-bond donors (Lipinski definition) is 2. The molecule has 0 aromatic heterocycles. The van der Waals surface area contributed by atoms with Crippen molar-refractivity contribution < 1.29 is 37.4 Å². The maximum absolute atomic E-state index is 14.0.